The van der Waals surface area contributed by atoms with Gasteiger partial charge in [-0.05, 0) is 17.7 Å². The predicted octanol–water partition coefficient (Wildman–Crippen LogP) is 2.84. The number of phenols is 1. The fourth-order valence-corrected chi connectivity index (χ4v) is 5.98. The lowest BCUT2D eigenvalue weighted by Crippen LogP contribution is -2.52. The van der Waals surface area contributed by atoms with Crippen molar-refractivity contribution in [2.45, 2.75) is 23.2 Å². The Morgan fingerprint density at radius 3 is 2.22 bits per heavy atom. The van der Waals surface area contributed by atoms with E-state index in [0.29, 0.717) is 16.9 Å². The van der Waals surface area contributed by atoms with Gasteiger partial charge in [0.25, 0.3) is 0 Å². The molecule has 1 fully saturated rings. The van der Waals surface area contributed by atoms with Gasteiger partial charge in [-0.15, -0.1) is 0 Å². The van der Waals surface area contributed by atoms with Crippen LogP contribution in [0.2, 0.25) is 0 Å². The van der Waals surface area contributed by atoms with E-state index in [-0.39, 0.29) is 28.6 Å². The molecule has 3 aromatic carbocycles. The number of aliphatic hydroxyl groups is 2. The summed E-state index contributed by atoms with van der Waals surface area (Å²) >= 11 is 0. The first-order chi connectivity index (χ1) is 17.8. The lowest BCUT2D eigenvalue weighted by molar-refractivity contribution is -0.161. The van der Waals surface area contributed by atoms with Crippen molar-refractivity contribution in [1.82, 2.24) is 0 Å². The number of carbonyl (C=O) groups excluding carboxylic acids is 1. The molecule has 3 N–H and O–H groups in total. The second kappa shape index (κ2) is 8.86. The molecule has 0 amide bonds. The SMILES string of the molecule is COC(=O)[C@H]1[C@@H](O)[C@]2(O)c3c(OC)cc(OC)cc3O[C@@]2(c2ccc(OC)c(O)c2)[C@@H]1c1ccccc1. The molecule has 1 aliphatic carbocycles. The van der Waals surface area contributed by atoms with Crippen LogP contribution in [0, 0.1) is 5.92 Å². The molecule has 3 aromatic rings. The minimum atomic E-state index is -2.21. The predicted molar refractivity (Wildman–Crippen MR) is 131 cm³/mol. The van der Waals surface area contributed by atoms with Crippen LogP contribution in [0.15, 0.2) is 60.7 Å². The third-order valence-electron chi connectivity index (χ3n) is 7.52. The van der Waals surface area contributed by atoms with Gasteiger partial charge in [-0.1, -0.05) is 36.4 Å². The summed E-state index contributed by atoms with van der Waals surface area (Å²) < 4.78 is 28.0. The Morgan fingerprint density at radius 1 is 0.919 bits per heavy atom. The molecule has 0 radical (unpaired) electrons. The first-order valence-electron chi connectivity index (χ1n) is 11.6. The Kier molecular flexibility index (Phi) is 5.92. The third kappa shape index (κ3) is 3.20. The van der Waals surface area contributed by atoms with E-state index < -0.39 is 35.1 Å². The van der Waals surface area contributed by atoms with Gasteiger partial charge < -0.3 is 39.0 Å². The third-order valence-corrected chi connectivity index (χ3v) is 7.52. The van der Waals surface area contributed by atoms with Crippen LogP contribution in [-0.2, 0) is 20.7 Å². The number of hydrogen-bond acceptors (Lipinski definition) is 9. The largest absolute Gasteiger partial charge is 0.504 e. The van der Waals surface area contributed by atoms with Crippen LogP contribution in [0.3, 0.4) is 0 Å². The van der Waals surface area contributed by atoms with Crippen molar-refractivity contribution in [1.29, 1.82) is 0 Å². The van der Waals surface area contributed by atoms with Crippen LogP contribution in [0.1, 0.15) is 22.6 Å². The number of carbonyl (C=O) groups is 1. The molecule has 9 nitrogen and oxygen atoms in total. The van der Waals surface area contributed by atoms with E-state index >= 15 is 0 Å². The van der Waals surface area contributed by atoms with Gasteiger partial charge in [0.1, 0.15) is 23.4 Å². The van der Waals surface area contributed by atoms with E-state index in [0.717, 1.165) is 0 Å². The number of rotatable bonds is 6. The van der Waals surface area contributed by atoms with Crippen LogP contribution < -0.4 is 18.9 Å². The highest BCUT2D eigenvalue weighted by Gasteiger charge is 2.78. The smallest absolute Gasteiger partial charge is 0.312 e. The summed E-state index contributed by atoms with van der Waals surface area (Å²) in [5.41, 5.74) is -2.92. The first-order valence-corrected chi connectivity index (χ1v) is 11.6. The van der Waals surface area contributed by atoms with Crippen LogP contribution >= 0.6 is 0 Å². The maximum atomic E-state index is 13.2. The summed E-state index contributed by atoms with van der Waals surface area (Å²) in [5.74, 6) is -2.09. The molecule has 1 heterocycles. The number of hydrogen-bond donors (Lipinski definition) is 3. The minimum absolute atomic E-state index is 0.158. The van der Waals surface area contributed by atoms with E-state index in [1.807, 2.05) is 6.07 Å². The molecule has 5 rings (SSSR count). The van der Waals surface area contributed by atoms with E-state index in [1.54, 1.807) is 42.5 Å². The number of esters is 1. The normalized spacial score (nSPS) is 27.6. The van der Waals surface area contributed by atoms with Gasteiger partial charge in [0.05, 0.1) is 39.9 Å². The fourth-order valence-electron chi connectivity index (χ4n) is 5.98. The van der Waals surface area contributed by atoms with Crippen LogP contribution in [0.4, 0.5) is 0 Å². The van der Waals surface area contributed by atoms with Crippen LogP contribution in [0.5, 0.6) is 28.7 Å². The zero-order chi connectivity index (χ0) is 26.5. The quantitative estimate of drug-likeness (QED) is 0.431. The molecule has 5 atom stereocenters. The van der Waals surface area contributed by atoms with Crippen molar-refractivity contribution in [3.8, 4) is 28.7 Å². The van der Waals surface area contributed by atoms with Crippen molar-refractivity contribution < 1.29 is 43.8 Å². The second-order valence-corrected chi connectivity index (χ2v) is 9.08. The Bertz CT molecular complexity index is 1340. The number of aromatic hydroxyl groups is 1. The maximum Gasteiger partial charge on any atom is 0.312 e. The standard InChI is InChI=1S/C28H28O9/c1-33-17-13-20(35-3)24-21(14-17)37-28(16-10-11-19(34-2)18(29)12-16)23(15-8-6-5-7-9-15)22(26(31)36-4)25(30)27(24,28)32/h5-14,22-23,25,29-30,32H,1-4H3/t22-,23-,25-,27-,28+/m1/s1. The summed E-state index contributed by atoms with van der Waals surface area (Å²) in [6, 6.07) is 16.7. The number of methoxy groups -OCH3 is 4. The number of phenolic OH excluding ortho intramolecular Hbond substituents is 1. The van der Waals surface area contributed by atoms with E-state index in [4.69, 9.17) is 23.7 Å². The molecule has 1 aliphatic heterocycles. The van der Waals surface area contributed by atoms with Crippen molar-refractivity contribution in [3.05, 3.63) is 77.4 Å². The molecule has 0 bridgehead atoms. The molecular formula is C28H28O9. The van der Waals surface area contributed by atoms with Crippen molar-refractivity contribution in [2.75, 3.05) is 28.4 Å². The highest BCUT2D eigenvalue weighted by Crippen LogP contribution is 2.70. The summed E-state index contributed by atoms with van der Waals surface area (Å²) in [6.07, 6.45) is -1.68. The molecule has 0 spiro atoms. The van der Waals surface area contributed by atoms with Gasteiger partial charge in [-0.25, -0.2) is 0 Å². The zero-order valence-corrected chi connectivity index (χ0v) is 20.8. The maximum absolute atomic E-state index is 13.2. The number of benzene rings is 3. The van der Waals surface area contributed by atoms with E-state index in [2.05, 4.69) is 0 Å². The Labute approximate surface area is 213 Å². The molecule has 2 aliphatic rings. The van der Waals surface area contributed by atoms with Crippen molar-refractivity contribution >= 4 is 5.97 Å². The molecule has 1 saturated carbocycles. The monoisotopic (exact) mass is 508 g/mol. The number of aliphatic hydroxyl groups excluding tert-OH is 1. The zero-order valence-electron chi connectivity index (χ0n) is 20.8. The van der Waals surface area contributed by atoms with E-state index in [9.17, 15) is 20.1 Å². The highest BCUT2D eigenvalue weighted by atomic mass is 16.6. The van der Waals surface area contributed by atoms with Crippen molar-refractivity contribution in [2.24, 2.45) is 5.92 Å². The van der Waals surface area contributed by atoms with Gasteiger partial charge in [0.15, 0.2) is 22.7 Å². The van der Waals surface area contributed by atoms with Crippen LogP contribution in [-0.4, -0.2) is 55.8 Å². The van der Waals surface area contributed by atoms with Gasteiger partial charge in [0.2, 0.25) is 0 Å². The summed E-state index contributed by atoms with van der Waals surface area (Å²) in [7, 11) is 5.55. The Hall–Kier alpha value is -3.95. The van der Waals surface area contributed by atoms with Gasteiger partial charge in [-0.2, -0.15) is 0 Å². The highest BCUT2D eigenvalue weighted by molar-refractivity contribution is 5.78. The first kappa shape index (κ1) is 24.7. The molecule has 37 heavy (non-hydrogen) atoms. The summed E-state index contributed by atoms with van der Waals surface area (Å²) in [4.78, 5) is 13.2. The lowest BCUT2D eigenvalue weighted by Gasteiger charge is -2.40. The Balaban J connectivity index is 1.90. The summed E-state index contributed by atoms with van der Waals surface area (Å²) in [5, 5.41) is 35.3. The molecule has 0 aromatic heterocycles. The molecule has 0 unspecified atom stereocenters. The van der Waals surface area contributed by atoms with Gasteiger partial charge in [-0.3, -0.25) is 4.79 Å². The van der Waals surface area contributed by atoms with Crippen LogP contribution in [0.25, 0.3) is 0 Å². The van der Waals surface area contributed by atoms with Crippen molar-refractivity contribution in [3.63, 3.8) is 0 Å². The van der Waals surface area contributed by atoms with E-state index in [1.165, 1.54) is 40.6 Å². The van der Waals surface area contributed by atoms with Gasteiger partial charge >= 0.3 is 5.97 Å². The molecule has 194 valence electrons. The average Bonchev–Trinajstić information content (AvgIpc) is 3.30. The summed E-state index contributed by atoms with van der Waals surface area (Å²) in [6.45, 7) is 0. The lowest BCUT2D eigenvalue weighted by atomic mass is 9.70. The minimum Gasteiger partial charge on any atom is -0.504 e. The number of ether oxygens (including phenoxy) is 5. The van der Waals surface area contributed by atoms with Gasteiger partial charge in [0, 0.05) is 23.6 Å². The Morgan fingerprint density at radius 2 is 1.62 bits per heavy atom. The molecule has 0 saturated heterocycles. The second-order valence-electron chi connectivity index (χ2n) is 9.08. The number of fused-ring (bicyclic) bond motifs is 3. The molecular weight excluding hydrogens is 480 g/mol. The average molecular weight is 509 g/mol. The topological polar surface area (TPSA) is 124 Å². The molecule has 9 heteroatoms. The fraction of sp³-hybridized carbons (Fsp3) is 0.321.